The van der Waals surface area contributed by atoms with Crippen LogP contribution < -0.4 is 4.90 Å². The first-order valence-corrected chi connectivity index (χ1v) is 12.3. The maximum absolute atomic E-state index is 12.0. The van der Waals surface area contributed by atoms with Crippen LogP contribution in [-0.4, -0.2) is 65.1 Å². The van der Waals surface area contributed by atoms with Gasteiger partial charge in [0.25, 0.3) is 0 Å². The van der Waals surface area contributed by atoms with Gasteiger partial charge in [-0.1, -0.05) is 20.8 Å². The van der Waals surface area contributed by atoms with E-state index in [1.807, 2.05) is 43.8 Å². The fraction of sp³-hybridized carbons (Fsp3) is 0.370. The summed E-state index contributed by atoms with van der Waals surface area (Å²) in [6.07, 6.45) is 8.99. The quantitative estimate of drug-likeness (QED) is 0.455. The predicted octanol–water partition coefficient (Wildman–Crippen LogP) is 4.03. The molecule has 188 valence electrons. The summed E-state index contributed by atoms with van der Waals surface area (Å²) in [7, 11) is 1.87. The van der Waals surface area contributed by atoms with E-state index in [4.69, 9.17) is 4.98 Å². The molecule has 6 heterocycles. The van der Waals surface area contributed by atoms with Gasteiger partial charge in [-0.2, -0.15) is 15.5 Å². The van der Waals surface area contributed by atoms with Crippen molar-refractivity contribution in [3.8, 4) is 28.3 Å². The number of pyridine rings is 2. The van der Waals surface area contributed by atoms with Crippen LogP contribution in [0.4, 0.5) is 10.6 Å². The number of nitrogens with zero attached hydrogens (tertiary/aromatic N) is 8. The zero-order chi connectivity index (χ0) is 26.1. The molecule has 0 aliphatic carbocycles. The molecule has 4 aromatic heterocycles. The molecule has 2 aliphatic rings. The largest absolute Gasteiger partial charge is 0.465 e. The summed E-state index contributed by atoms with van der Waals surface area (Å²) in [6.45, 7) is 7.44. The molecule has 10 heteroatoms. The molecule has 2 bridgehead atoms. The highest BCUT2D eigenvalue weighted by Crippen LogP contribution is 2.51. The molecule has 2 aliphatic heterocycles. The Hall–Kier alpha value is -4.39. The molecule has 1 amide bonds. The Morgan fingerprint density at radius 2 is 1.95 bits per heavy atom. The van der Waals surface area contributed by atoms with E-state index in [2.05, 4.69) is 41.9 Å². The highest BCUT2D eigenvalue weighted by atomic mass is 16.4. The van der Waals surface area contributed by atoms with Gasteiger partial charge in [-0.25, -0.2) is 14.3 Å². The number of likely N-dealkylation sites (tertiary alicyclic amines) is 1. The van der Waals surface area contributed by atoms with Gasteiger partial charge in [-0.15, -0.1) is 0 Å². The molecule has 10 nitrogen and oxygen atoms in total. The number of carboxylic acid groups (broad SMARTS) is 1. The SMILES string of the molecule is Cn1cc(-c2cc(-c3ccc(N4C[C@@]5(C(C)(C)C)C[C@H]4CN5C(=O)O)nc3)c3c(C#N)cnn3c2)cn1. The Morgan fingerprint density at radius 3 is 2.57 bits per heavy atom. The minimum absolute atomic E-state index is 0.0920. The summed E-state index contributed by atoms with van der Waals surface area (Å²) in [6, 6.07) is 8.40. The fourth-order valence-corrected chi connectivity index (χ4v) is 6.06. The van der Waals surface area contributed by atoms with Gasteiger partial charge in [0, 0.05) is 61.0 Å². The average Bonchev–Trinajstić information content (AvgIpc) is 3.65. The smallest absolute Gasteiger partial charge is 0.407 e. The van der Waals surface area contributed by atoms with Crippen molar-refractivity contribution in [1.29, 1.82) is 5.26 Å². The van der Waals surface area contributed by atoms with Crippen LogP contribution in [0.5, 0.6) is 0 Å². The Balaban J connectivity index is 1.39. The van der Waals surface area contributed by atoms with Crippen molar-refractivity contribution in [2.45, 2.75) is 38.8 Å². The standard InChI is InChI=1S/C27H28N8O2/c1-26(2,3)27-8-21(15-34(27)25(36)37)33(16-27)23-6-5-17(10-29-23)22-7-18(20-12-30-32(4)13-20)14-35-24(22)19(9-28)11-31-35/h5-7,10-14,21H,8,15-16H2,1-4H3,(H,36,37)/t21-,27+/m0/s1. The van der Waals surface area contributed by atoms with Gasteiger partial charge in [0.05, 0.1) is 35.1 Å². The van der Waals surface area contributed by atoms with Gasteiger partial charge in [0.2, 0.25) is 0 Å². The molecule has 6 rings (SSSR count). The molecular formula is C27H28N8O2. The lowest BCUT2D eigenvalue weighted by Crippen LogP contribution is -2.61. The van der Waals surface area contributed by atoms with Gasteiger partial charge in [-0.05, 0) is 30.0 Å². The summed E-state index contributed by atoms with van der Waals surface area (Å²) in [5.74, 6) is 0.832. The molecule has 2 saturated heterocycles. The second-order valence-electron chi connectivity index (χ2n) is 11.1. The minimum atomic E-state index is -0.855. The monoisotopic (exact) mass is 496 g/mol. The van der Waals surface area contributed by atoms with Crippen molar-refractivity contribution < 1.29 is 9.90 Å². The van der Waals surface area contributed by atoms with Crippen LogP contribution in [0.2, 0.25) is 0 Å². The maximum Gasteiger partial charge on any atom is 0.407 e. The van der Waals surface area contributed by atoms with Gasteiger partial charge < -0.3 is 10.0 Å². The number of hydrogen-bond acceptors (Lipinski definition) is 6. The summed E-state index contributed by atoms with van der Waals surface area (Å²) in [4.78, 5) is 20.7. The summed E-state index contributed by atoms with van der Waals surface area (Å²) >= 11 is 0. The highest BCUT2D eigenvalue weighted by molar-refractivity contribution is 5.87. The molecule has 1 N–H and O–H groups in total. The van der Waals surface area contributed by atoms with E-state index in [1.54, 1.807) is 26.5 Å². The zero-order valence-electron chi connectivity index (χ0n) is 21.3. The number of anilines is 1. The van der Waals surface area contributed by atoms with E-state index in [-0.39, 0.29) is 11.5 Å². The van der Waals surface area contributed by atoms with E-state index in [0.29, 0.717) is 18.7 Å². The van der Waals surface area contributed by atoms with Crippen molar-refractivity contribution in [1.82, 2.24) is 29.3 Å². The lowest BCUT2D eigenvalue weighted by Gasteiger charge is -2.48. The third-order valence-electron chi connectivity index (χ3n) is 8.11. The van der Waals surface area contributed by atoms with Gasteiger partial charge >= 0.3 is 6.09 Å². The lowest BCUT2D eigenvalue weighted by molar-refractivity contribution is 0.0362. The van der Waals surface area contributed by atoms with Gasteiger partial charge in [-0.3, -0.25) is 9.58 Å². The first-order chi connectivity index (χ1) is 17.6. The van der Waals surface area contributed by atoms with E-state index < -0.39 is 11.6 Å². The third-order valence-corrected chi connectivity index (χ3v) is 8.11. The molecule has 37 heavy (non-hydrogen) atoms. The van der Waals surface area contributed by atoms with E-state index >= 15 is 0 Å². The molecule has 0 radical (unpaired) electrons. The molecule has 0 saturated carbocycles. The first kappa shape index (κ1) is 23.0. The Bertz CT molecular complexity index is 1570. The number of amides is 1. The highest BCUT2D eigenvalue weighted by Gasteiger charge is 2.62. The van der Waals surface area contributed by atoms with Crippen LogP contribution in [-0.2, 0) is 7.05 Å². The second kappa shape index (κ2) is 7.80. The molecule has 2 atom stereocenters. The van der Waals surface area contributed by atoms with Crippen molar-refractivity contribution in [2.75, 3.05) is 18.0 Å². The van der Waals surface area contributed by atoms with Crippen LogP contribution in [0, 0.1) is 16.7 Å². The number of rotatable bonds is 3. The van der Waals surface area contributed by atoms with Crippen molar-refractivity contribution in [3.63, 3.8) is 0 Å². The second-order valence-corrected chi connectivity index (χ2v) is 11.1. The van der Waals surface area contributed by atoms with Crippen LogP contribution in [0.3, 0.4) is 0 Å². The van der Waals surface area contributed by atoms with Crippen LogP contribution in [0.25, 0.3) is 27.8 Å². The number of fused-ring (bicyclic) bond motifs is 3. The van der Waals surface area contributed by atoms with Crippen LogP contribution in [0.1, 0.15) is 32.8 Å². The fourth-order valence-electron chi connectivity index (χ4n) is 6.06. The topological polar surface area (TPSA) is 116 Å². The van der Waals surface area contributed by atoms with E-state index in [1.165, 1.54) is 0 Å². The lowest BCUT2D eigenvalue weighted by atomic mass is 9.73. The molecular weight excluding hydrogens is 468 g/mol. The summed E-state index contributed by atoms with van der Waals surface area (Å²) < 4.78 is 3.48. The Morgan fingerprint density at radius 1 is 1.14 bits per heavy atom. The predicted molar refractivity (Wildman–Crippen MR) is 138 cm³/mol. The summed E-state index contributed by atoms with van der Waals surface area (Å²) in [5, 5.41) is 28.3. The zero-order valence-corrected chi connectivity index (χ0v) is 21.3. The molecule has 2 fully saturated rings. The number of aryl methyl sites for hydroxylation is 1. The van der Waals surface area contributed by atoms with Gasteiger partial charge in [0.1, 0.15) is 11.9 Å². The number of hydrogen-bond donors (Lipinski definition) is 1. The van der Waals surface area contributed by atoms with Crippen molar-refractivity contribution in [2.24, 2.45) is 12.5 Å². The molecule has 0 aromatic carbocycles. The van der Waals surface area contributed by atoms with Gasteiger partial charge in [0.15, 0.2) is 0 Å². The molecule has 4 aromatic rings. The maximum atomic E-state index is 12.0. The minimum Gasteiger partial charge on any atom is -0.465 e. The summed E-state index contributed by atoms with van der Waals surface area (Å²) in [5.41, 5.74) is 4.19. The third kappa shape index (κ3) is 3.38. The Kier molecular flexibility index (Phi) is 4.86. The van der Waals surface area contributed by atoms with Crippen molar-refractivity contribution >= 4 is 17.4 Å². The number of piperazine rings is 1. The molecule has 0 unspecified atom stereocenters. The first-order valence-electron chi connectivity index (χ1n) is 12.3. The average molecular weight is 497 g/mol. The van der Waals surface area contributed by atoms with Crippen LogP contribution in [0.15, 0.2) is 49.2 Å². The normalized spacial score (nSPS) is 21.1. The Labute approximate surface area is 214 Å². The number of nitriles is 1. The number of aromatic nitrogens is 5. The van der Waals surface area contributed by atoms with E-state index in [0.717, 1.165) is 40.0 Å². The van der Waals surface area contributed by atoms with E-state index in [9.17, 15) is 15.2 Å². The van der Waals surface area contributed by atoms with Crippen LogP contribution >= 0.6 is 0 Å². The molecule has 0 spiro atoms. The number of carbonyl (C=O) groups is 1. The van der Waals surface area contributed by atoms with Crippen molar-refractivity contribution in [3.05, 3.63) is 54.7 Å².